The smallest absolute Gasteiger partial charge is 0.374 e. The maximum absolute atomic E-state index is 12.5. The van der Waals surface area contributed by atoms with Crippen molar-refractivity contribution < 1.29 is 32.9 Å². The third kappa shape index (κ3) is 4.19. The number of hydrogen-bond acceptors (Lipinski definition) is 9. The Kier molecular flexibility index (Phi) is 5.91. The highest BCUT2D eigenvalue weighted by molar-refractivity contribution is 5.90. The Morgan fingerprint density at radius 1 is 0.938 bits per heavy atom. The lowest BCUT2D eigenvalue weighted by Crippen LogP contribution is -2.25. The van der Waals surface area contributed by atoms with E-state index in [2.05, 4.69) is 4.74 Å². The molecule has 9 heteroatoms. The summed E-state index contributed by atoms with van der Waals surface area (Å²) in [6.07, 6.45) is 0.226. The molecule has 9 nitrogen and oxygen atoms in total. The van der Waals surface area contributed by atoms with Crippen molar-refractivity contribution in [1.82, 2.24) is 0 Å². The highest BCUT2D eigenvalue weighted by Crippen LogP contribution is 2.25. The number of aliphatic hydroxyl groups excluding tert-OH is 1. The normalized spacial score (nSPS) is 11.9. The highest BCUT2D eigenvalue weighted by atomic mass is 16.5. The zero-order valence-electron chi connectivity index (χ0n) is 16.9. The second kappa shape index (κ2) is 8.94. The third-order valence-electron chi connectivity index (χ3n) is 4.61. The molecule has 2 aromatic carbocycles. The number of ether oxygens (including phenoxy) is 3. The molecule has 2 heterocycles. The molecule has 0 saturated carbocycles. The van der Waals surface area contributed by atoms with Crippen molar-refractivity contribution in [3.05, 3.63) is 81.0 Å². The van der Waals surface area contributed by atoms with E-state index < -0.39 is 17.5 Å². The summed E-state index contributed by atoms with van der Waals surface area (Å²) in [7, 11) is 1.18. The fourth-order valence-corrected chi connectivity index (χ4v) is 3.14. The van der Waals surface area contributed by atoms with Crippen LogP contribution in [0.15, 0.2) is 73.2 Å². The van der Waals surface area contributed by atoms with Gasteiger partial charge < -0.3 is 28.2 Å². The van der Waals surface area contributed by atoms with E-state index in [-0.39, 0.29) is 52.3 Å². The summed E-state index contributed by atoms with van der Waals surface area (Å²) < 4.78 is 26.5. The Labute approximate surface area is 180 Å². The molecule has 0 spiro atoms. The monoisotopic (exact) mass is 438 g/mol. The third-order valence-corrected chi connectivity index (χ3v) is 4.61. The summed E-state index contributed by atoms with van der Waals surface area (Å²) >= 11 is 0. The van der Waals surface area contributed by atoms with E-state index in [1.54, 1.807) is 30.3 Å². The van der Waals surface area contributed by atoms with Gasteiger partial charge in [0.1, 0.15) is 52.8 Å². The van der Waals surface area contributed by atoms with E-state index in [4.69, 9.17) is 18.3 Å². The van der Waals surface area contributed by atoms with Crippen LogP contribution in [0.4, 0.5) is 0 Å². The maximum Gasteiger partial charge on any atom is 0.374 e. The van der Waals surface area contributed by atoms with Crippen molar-refractivity contribution in [3.63, 3.8) is 0 Å². The molecule has 1 unspecified atom stereocenters. The molecule has 0 bridgehead atoms. The molecule has 0 aliphatic heterocycles. The number of methoxy groups -OCH3 is 1. The molecule has 32 heavy (non-hydrogen) atoms. The zero-order chi connectivity index (χ0) is 22.7. The van der Waals surface area contributed by atoms with Crippen LogP contribution < -0.4 is 20.3 Å². The number of benzene rings is 2. The molecule has 0 fully saturated rings. The number of rotatable bonds is 7. The topological polar surface area (TPSA) is 125 Å². The predicted octanol–water partition coefficient (Wildman–Crippen LogP) is 2.50. The van der Waals surface area contributed by atoms with E-state index in [1.807, 2.05) is 0 Å². The minimum atomic E-state index is -1.07. The summed E-state index contributed by atoms with van der Waals surface area (Å²) in [5, 5.41) is 10.7. The molecule has 4 aromatic rings. The largest absolute Gasteiger partial charge is 0.490 e. The lowest BCUT2D eigenvalue weighted by molar-refractivity contribution is 0.0565. The van der Waals surface area contributed by atoms with Gasteiger partial charge in [0.25, 0.3) is 0 Å². The Hall–Kier alpha value is -4.11. The molecule has 0 saturated heterocycles. The number of esters is 1. The summed E-state index contributed by atoms with van der Waals surface area (Å²) in [5.74, 6) is -0.546. The van der Waals surface area contributed by atoms with Gasteiger partial charge in [-0.3, -0.25) is 9.59 Å². The first-order chi connectivity index (χ1) is 15.5. The molecule has 0 radical (unpaired) electrons. The number of fused-ring (bicyclic) bond motifs is 2. The van der Waals surface area contributed by atoms with Gasteiger partial charge in [-0.2, -0.15) is 0 Å². The van der Waals surface area contributed by atoms with Crippen molar-refractivity contribution in [3.8, 4) is 11.5 Å². The van der Waals surface area contributed by atoms with Crippen LogP contribution in [0.25, 0.3) is 21.9 Å². The molecule has 1 atom stereocenters. The Balaban J connectivity index is 1.48. The van der Waals surface area contributed by atoms with Crippen LogP contribution in [0, 0.1) is 0 Å². The number of hydrogen-bond donors (Lipinski definition) is 1. The van der Waals surface area contributed by atoms with E-state index in [1.165, 1.54) is 25.5 Å². The summed E-state index contributed by atoms with van der Waals surface area (Å²) in [6, 6.07) is 11.9. The minimum Gasteiger partial charge on any atom is -0.490 e. The van der Waals surface area contributed by atoms with Crippen LogP contribution in [-0.2, 0) is 4.74 Å². The lowest BCUT2D eigenvalue weighted by atomic mass is 10.2. The molecule has 0 amide bonds. The minimum absolute atomic E-state index is 0.125. The van der Waals surface area contributed by atoms with Crippen LogP contribution >= 0.6 is 0 Å². The van der Waals surface area contributed by atoms with Crippen LogP contribution in [0.5, 0.6) is 11.5 Å². The van der Waals surface area contributed by atoms with Gasteiger partial charge in [0.05, 0.1) is 13.4 Å². The van der Waals surface area contributed by atoms with Crippen LogP contribution in [0.2, 0.25) is 0 Å². The van der Waals surface area contributed by atoms with E-state index in [0.29, 0.717) is 5.58 Å². The van der Waals surface area contributed by atoms with Crippen molar-refractivity contribution in [2.75, 3.05) is 20.3 Å². The van der Waals surface area contributed by atoms with Gasteiger partial charge >= 0.3 is 5.97 Å². The zero-order valence-corrected chi connectivity index (χ0v) is 16.9. The van der Waals surface area contributed by atoms with Crippen LogP contribution in [-0.4, -0.2) is 37.5 Å². The van der Waals surface area contributed by atoms with E-state index in [0.717, 1.165) is 6.07 Å². The van der Waals surface area contributed by atoms with Gasteiger partial charge in [-0.25, -0.2) is 4.79 Å². The van der Waals surface area contributed by atoms with Crippen molar-refractivity contribution in [1.29, 1.82) is 0 Å². The molecule has 2 aromatic heterocycles. The Morgan fingerprint density at radius 3 is 2.22 bits per heavy atom. The van der Waals surface area contributed by atoms with Gasteiger partial charge in [0.15, 0.2) is 10.9 Å². The Morgan fingerprint density at radius 2 is 1.56 bits per heavy atom. The molecule has 0 aliphatic rings. The first kappa shape index (κ1) is 21.1. The maximum atomic E-state index is 12.5. The van der Waals surface area contributed by atoms with Crippen molar-refractivity contribution in [2.24, 2.45) is 0 Å². The number of carbonyl (C=O) groups is 1. The fraction of sp³-hybridized carbons (Fsp3) is 0.174. The molecule has 1 N–H and O–H groups in total. The van der Waals surface area contributed by atoms with Gasteiger partial charge in [0.2, 0.25) is 5.76 Å². The van der Waals surface area contributed by atoms with Crippen molar-refractivity contribution >= 4 is 27.9 Å². The average Bonchev–Trinajstić information content (AvgIpc) is 2.80. The molecule has 0 aliphatic carbocycles. The first-order valence-corrected chi connectivity index (χ1v) is 9.57. The molecule has 164 valence electrons. The molecule has 4 rings (SSSR count). The second-order valence-electron chi connectivity index (χ2n) is 6.79. The lowest BCUT2D eigenvalue weighted by Gasteiger charge is -2.15. The quantitative estimate of drug-likeness (QED) is 0.433. The highest BCUT2D eigenvalue weighted by Gasteiger charge is 2.17. The van der Waals surface area contributed by atoms with Gasteiger partial charge in [-0.15, -0.1) is 0 Å². The van der Waals surface area contributed by atoms with E-state index >= 15 is 0 Å². The van der Waals surface area contributed by atoms with Gasteiger partial charge in [-0.05, 0) is 24.3 Å². The summed E-state index contributed by atoms with van der Waals surface area (Å²) in [4.78, 5) is 36.2. The molecular weight excluding hydrogens is 420 g/mol. The number of carbonyl (C=O) groups excluding carboxylic acids is 1. The van der Waals surface area contributed by atoms with Gasteiger partial charge in [-0.1, -0.05) is 12.1 Å². The van der Waals surface area contributed by atoms with Crippen molar-refractivity contribution in [2.45, 2.75) is 6.10 Å². The standard InChI is InChI=1S/C23H18O9/c1-28-23(27)20-10-15(26)22-18(6-3-7-19(22)32-20)31-12-13(24)11-30-17-5-2-4-16-21(17)14(25)8-9-29-16/h2-10,13,24H,11-12H2,1H3. The summed E-state index contributed by atoms with van der Waals surface area (Å²) in [5.41, 5.74) is -0.241. The SMILES string of the molecule is COC(=O)c1cc(=O)c2c(OCC(O)COc3cccc4occc(=O)c34)cccc2o1. The first-order valence-electron chi connectivity index (χ1n) is 9.57. The average molecular weight is 438 g/mol. The van der Waals surface area contributed by atoms with Crippen LogP contribution in [0.3, 0.4) is 0 Å². The predicted molar refractivity (Wildman–Crippen MR) is 113 cm³/mol. The fourth-order valence-electron chi connectivity index (χ4n) is 3.14. The molecular formula is C23H18O9. The number of aliphatic hydroxyl groups is 1. The van der Waals surface area contributed by atoms with E-state index in [9.17, 15) is 19.5 Å². The Bertz CT molecular complexity index is 1400. The second-order valence-corrected chi connectivity index (χ2v) is 6.79. The van der Waals surface area contributed by atoms with Gasteiger partial charge in [0, 0.05) is 12.1 Å². The van der Waals surface area contributed by atoms with Crippen LogP contribution in [0.1, 0.15) is 10.6 Å². The summed E-state index contributed by atoms with van der Waals surface area (Å²) in [6.45, 7) is -0.365.